The Morgan fingerprint density at radius 2 is 1.88 bits per heavy atom. The second-order valence-electron chi connectivity index (χ2n) is 4.34. The molecule has 6 nitrogen and oxygen atoms in total. The zero-order valence-electron chi connectivity index (χ0n) is 10.4. The van der Waals surface area contributed by atoms with Crippen molar-refractivity contribution in [2.45, 2.75) is 39.3 Å². The predicted molar refractivity (Wildman–Crippen MR) is 58.5 cm³/mol. The molecule has 0 bridgehead atoms. The Kier molecular flexibility index (Phi) is 5.98. The molecule has 1 unspecified atom stereocenters. The minimum absolute atomic E-state index is 0.156. The van der Waals surface area contributed by atoms with E-state index in [1.807, 2.05) is 20.8 Å². The Morgan fingerprint density at radius 3 is 2.25 bits per heavy atom. The lowest BCUT2D eigenvalue weighted by molar-refractivity contribution is -0.146. The SMILES string of the molecule is COC(=O)C(CNOC(C)(C)C)NC(C)=O. The molecule has 0 fully saturated rings. The molecule has 1 amide bonds. The van der Waals surface area contributed by atoms with Crippen LogP contribution >= 0.6 is 0 Å². The molecular formula is C10H20N2O4. The maximum absolute atomic E-state index is 11.3. The van der Waals surface area contributed by atoms with Crippen molar-refractivity contribution in [1.29, 1.82) is 0 Å². The number of hydroxylamine groups is 1. The number of hydrogen-bond acceptors (Lipinski definition) is 5. The highest BCUT2D eigenvalue weighted by molar-refractivity contribution is 5.83. The normalized spacial score (nSPS) is 13.1. The quantitative estimate of drug-likeness (QED) is 0.515. The summed E-state index contributed by atoms with van der Waals surface area (Å²) in [6.45, 7) is 7.09. The minimum atomic E-state index is -0.746. The van der Waals surface area contributed by atoms with Crippen molar-refractivity contribution in [2.75, 3.05) is 13.7 Å². The van der Waals surface area contributed by atoms with Gasteiger partial charge in [-0.25, -0.2) is 4.79 Å². The van der Waals surface area contributed by atoms with E-state index < -0.39 is 12.0 Å². The second kappa shape index (κ2) is 6.44. The van der Waals surface area contributed by atoms with Gasteiger partial charge in [0.2, 0.25) is 5.91 Å². The van der Waals surface area contributed by atoms with E-state index in [9.17, 15) is 9.59 Å². The smallest absolute Gasteiger partial charge is 0.329 e. The van der Waals surface area contributed by atoms with Crippen LogP contribution in [0.2, 0.25) is 0 Å². The van der Waals surface area contributed by atoms with Gasteiger partial charge >= 0.3 is 5.97 Å². The molecule has 0 aliphatic carbocycles. The number of methoxy groups -OCH3 is 1. The number of carbonyl (C=O) groups is 2. The number of hydrogen-bond donors (Lipinski definition) is 2. The van der Waals surface area contributed by atoms with Crippen molar-refractivity contribution in [3.8, 4) is 0 Å². The van der Waals surface area contributed by atoms with E-state index in [1.54, 1.807) is 0 Å². The summed E-state index contributed by atoms with van der Waals surface area (Å²) in [5.41, 5.74) is 2.27. The first-order valence-electron chi connectivity index (χ1n) is 5.02. The lowest BCUT2D eigenvalue weighted by Gasteiger charge is -2.22. The molecule has 6 heteroatoms. The lowest BCUT2D eigenvalue weighted by Crippen LogP contribution is -2.48. The van der Waals surface area contributed by atoms with E-state index in [1.165, 1.54) is 14.0 Å². The molecule has 0 aromatic heterocycles. The second-order valence-corrected chi connectivity index (χ2v) is 4.34. The van der Waals surface area contributed by atoms with Crippen LogP contribution in [-0.4, -0.2) is 37.2 Å². The van der Waals surface area contributed by atoms with Crippen molar-refractivity contribution >= 4 is 11.9 Å². The highest BCUT2D eigenvalue weighted by Crippen LogP contribution is 2.03. The van der Waals surface area contributed by atoms with Crippen molar-refractivity contribution in [1.82, 2.24) is 10.8 Å². The number of carbonyl (C=O) groups excluding carboxylic acids is 2. The summed E-state index contributed by atoms with van der Waals surface area (Å²) >= 11 is 0. The van der Waals surface area contributed by atoms with Crippen molar-refractivity contribution in [2.24, 2.45) is 0 Å². The van der Waals surface area contributed by atoms with Crippen LogP contribution in [0.3, 0.4) is 0 Å². The Balaban J connectivity index is 4.12. The van der Waals surface area contributed by atoms with Gasteiger partial charge in [0.25, 0.3) is 0 Å². The van der Waals surface area contributed by atoms with Crippen LogP contribution in [0.25, 0.3) is 0 Å². The number of amides is 1. The van der Waals surface area contributed by atoms with Gasteiger partial charge in [-0.2, -0.15) is 5.48 Å². The Hall–Kier alpha value is -1.14. The molecule has 0 aromatic rings. The number of rotatable bonds is 5. The van der Waals surface area contributed by atoms with Crippen molar-refractivity contribution < 1.29 is 19.2 Å². The van der Waals surface area contributed by atoms with Gasteiger partial charge in [0, 0.05) is 6.92 Å². The monoisotopic (exact) mass is 232 g/mol. The first kappa shape index (κ1) is 14.9. The summed E-state index contributed by atoms with van der Waals surface area (Å²) in [5, 5.41) is 2.46. The van der Waals surface area contributed by atoms with Crippen LogP contribution in [0.4, 0.5) is 0 Å². The lowest BCUT2D eigenvalue weighted by atomic mass is 10.2. The van der Waals surface area contributed by atoms with Gasteiger partial charge in [-0.05, 0) is 20.8 Å². The highest BCUT2D eigenvalue weighted by atomic mass is 16.7. The Morgan fingerprint density at radius 1 is 1.31 bits per heavy atom. The van der Waals surface area contributed by atoms with E-state index in [0.717, 1.165) is 0 Å². The molecule has 0 spiro atoms. The maximum Gasteiger partial charge on any atom is 0.329 e. The summed E-state index contributed by atoms with van der Waals surface area (Å²) in [6, 6.07) is -0.746. The van der Waals surface area contributed by atoms with Crippen LogP contribution in [-0.2, 0) is 19.2 Å². The van der Waals surface area contributed by atoms with Gasteiger partial charge in [0.1, 0.15) is 6.04 Å². The van der Waals surface area contributed by atoms with Crippen molar-refractivity contribution in [3.05, 3.63) is 0 Å². The standard InChI is InChI=1S/C10H20N2O4/c1-7(13)12-8(9(14)15-5)6-11-16-10(2,3)4/h8,11H,6H2,1-5H3,(H,12,13). The van der Waals surface area contributed by atoms with Gasteiger partial charge in [-0.3, -0.25) is 9.63 Å². The zero-order chi connectivity index (χ0) is 12.8. The molecule has 2 N–H and O–H groups in total. The zero-order valence-corrected chi connectivity index (χ0v) is 10.4. The molecule has 0 aliphatic rings. The van der Waals surface area contributed by atoms with E-state index in [2.05, 4.69) is 15.5 Å². The van der Waals surface area contributed by atoms with Gasteiger partial charge in [0.15, 0.2) is 0 Å². The number of esters is 1. The fraction of sp³-hybridized carbons (Fsp3) is 0.800. The molecule has 1 atom stereocenters. The third kappa shape index (κ3) is 7.19. The fourth-order valence-corrected chi connectivity index (χ4v) is 0.922. The molecule has 16 heavy (non-hydrogen) atoms. The first-order valence-corrected chi connectivity index (χ1v) is 5.02. The fourth-order valence-electron chi connectivity index (χ4n) is 0.922. The van der Waals surface area contributed by atoms with Crippen LogP contribution in [0.5, 0.6) is 0 Å². The summed E-state index contributed by atoms with van der Waals surface area (Å²) in [6.07, 6.45) is 0. The van der Waals surface area contributed by atoms with Gasteiger partial charge < -0.3 is 10.1 Å². The maximum atomic E-state index is 11.3. The van der Waals surface area contributed by atoms with Crippen LogP contribution in [0.15, 0.2) is 0 Å². The summed E-state index contributed by atoms with van der Waals surface area (Å²) in [7, 11) is 1.27. The van der Waals surface area contributed by atoms with Gasteiger partial charge in [-0.1, -0.05) is 0 Å². The molecule has 0 saturated heterocycles. The highest BCUT2D eigenvalue weighted by Gasteiger charge is 2.21. The molecule has 94 valence electrons. The van der Waals surface area contributed by atoms with Gasteiger partial charge in [-0.15, -0.1) is 0 Å². The van der Waals surface area contributed by atoms with Crippen LogP contribution in [0.1, 0.15) is 27.7 Å². The molecule has 0 radical (unpaired) electrons. The third-order valence-electron chi connectivity index (χ3n) is 1.53. The van der Waals surface area contributed by atoms with E-state index >= 15 is 0 Å². The van der Waals surface area contributed by atoms with Crippen molar-refractivity contribution in [3.63, 3.8) is 0 Å². The number of ether oxygens (including phenoxy) is 1. The average Bonchev–Trinajstić information content (AvgIpc) is 2.12. The Labute approximate surface area is 95.6 Å². The topological polar surface area (TPSA) is 76.7 Å². The molecule has 0 aliphatic heterocycles. The van der Waals surface area contributed by atoms with Crippen LogP contribution in [0, 0.1) is 0 Å². The summed E-state index contributed by atoms with van der Waals surface area (Å²) in [4.78, 5) is 27.3. The summed E-state index contributed by atoms with van der Waals surface area (Å²) < 4.78 is 4.55. The van der Waals surface area contributed by atoms with Gasteiger partial charge in [0.05, 0.1) is 19.3 Å². The minimum Gasteiger partial charge on any atom is -0.467 e. The Bertz CT molecular complexity index is 248. The van der Waals surface area contributed by atoms with E-state index in [4.69, 9.17) is 4.84 Å². The van der Waals surface area contributed by atoms with Crippen LogP contribution < -0.4 is 10.8 Å². The molecule has 0 heterocycles. The molecular weight excluding hydrogens is 212 g/mol. The molecule has 0 aromatic carbocycles. The largest absolute Gasteiger partial charge is 0.467 e. The van der Waals surface area contributed by atoms with E-state index in [-0.39, 0.29) is 18.1 Å². The molecule has 0 rings (SSSR count). The average molecular weight is 232 g/mol. The first-order chi connectivity index (χ1) is 7.26. The predicted octanol–water partition coefficient (Wildman–Crippen LogP) is -0.0162. The van der Waals surface area contributed by atoms with E-state index in [0.29, 0.717) is 0 Å². The summed E-state index contributed by atoms with van der Waals surface area (Å²) in [5.74, 6) is -0.812. The number of nitrogens with one attached hydrogen (secondary N) is 2. The third-order valence-corrected chi connectivity index (χ3v) is 1.53. The molecule has 0 saturated carbocycles.